The van der Waals surface area contributed by atoms with Gasteiger partial charge in [0.05, 0.1) is 0 Å². The van der Waals surface area contributed by atoms with Gasteiger partial charge in [-0.15, -0.1) is 0 Å². The first-order chi connectivity index (χ1) is 18.8. The second-order valence-electron chi connectivity index (χ2n) is 9.15. The van der Waals surface area contributed by atoms with Gasteiger partial charge < -0.3 is 30.0 Å². The number of anilines is 1. The number of hydrogen-bond acceptors (Lipinski definition) is 9. The fraction of sp³-hybridized carbons (Fsp3) is 0.179. The van der Waals surface area contributed by atoms with Gasteiger partial charge in [-0.25, -0.2) is 0 Å². The van der Waals surface area contributed by atoms with Gasteiger partial charge in [0.25, 0.3) is 11.8 Å². The lowest BCUT2D eigenvalue weighted by Gasteiger charge is -2.28. The summed E-state index contributed by atoms with van der Waals surface area (Å²) < 4.78 is 22.0. The first-order valence-electron chi connectivity index (χ1n) is 12.0. The van der Waals surface area contributed by atoms with Gasteiger partial charge in [0.2, 0.25) is 12.3 Å². The molecule has 0 aliphatic carbocycles. The number of hydrogen-bond donors (Lipinski definition) is 2. The number of benzene rings is 3. The monoisotopic (exact) mass is 526 g/mol. The molecule has 2 amide bonds. The lowest BCUT2D eigenvalue weighted by atomic mass is 9.80. The first kappa shape index (κ1) is 24.2. The molecule has 11 nitrogen and oxygen atoms in total. The fourth-order valence-electron chi connectivity index (χ4n) is 4.89. The van der Waals surface area contributed by atoms with E-state index in [4.69, 9.17) is 24.7 Å². The molecule has 3 aliphatic heterocycles. The average molecular weight is 527 g/mol. The Morgan fingerprint density at radius 3 is 2.59 bits per heavy atom. The number of nitrogens with one attached hydrogen (secondary N) is 1. The van der Waals surface area contributed by atoms with Gasteiger partial charge in [-0.05, 0) is 55.0 Å². The average Bonchev–Trinajstić information content (AvgIpc) is 3.54. The van der Waals surface area contributed by atoms with Crippen LogP contribution in [0, 0.1) is 6.92 Å². The Hall–Kier alpha value is -5.19. The van der Waals surface area contributed by atoms with E-state index in [0.717, 1.165) is 0 Å². The van der Waals surface area contributed by atoms with E-state index < -0.39 is 23.3 Å². The molecule has 0 saturated carbocycles. The molecule has 3 aromatic carbocycles. The highest BCUT2D eigenvalue weighted by molar-refractivity contribution is 6.06. The molecule has 0 spiro atoms. The number of primary amides is 1. The van der Waals surface area contributed by atoms with Crippen LogP contribution in [0.5, 0.6) is 23.0 Å². The van der Waals surface area contributed by atoms with Crippen LogP contribution >= 0.6 is 0 Å². The molecule has 196 valence electrons. The third-order valence-electron chi connectivity index (χ3n) is 6.82. The molecule has 6 rings (SSSR count). The van der Waals surface area contributed by atoms with E-state index in [-0.39, 0.29) is 13.4 Å². The molecule has 3 heterocycles. The van der Waals surface area contributed by atoms with Crippen molar-refractivity contribution in [3.05, 3.63) is 82.4 Å². The maximum Gasteiger partial charge on any atom is 0.308 e. The van der Waals surface area contributed by atoms with Gasteiger partial charge in [0.1, 0.15) is 23.8 Å². The molecule has 0 saturated heterocycles. The summed E-state index contributed by atoms with van der Waals surface area (Å²) >= 11 is 0. The Morgan fingerprint density at radius 2 is 1.79 bits per heavy atom. The number of fused-ring (bicyclic) bond motifs is 3. The number of rotatable bonds is 5. The number of esters is 1. The van der Waals surface area contributed by atoms with Gasteiger partial charge in [0.15, 0.2) is 11.5 Å². The SMILES string of the molecule is CC(=O)Oc1cccc(C(=O)Nc2ccc3c(c2)C2=C(CO3)C(C(N)=O)(c3ccc4c(c3)OCO4)N=N2)c1C. The van der Waals surface area contributed by atoms with Crippen molar-refractivity contribution in [3.63, 3.8) is 0 Å². The number of azo groups is 1. The topological polar surface area (TPSA) is 151 Å². The quantitative estimate of drug-likeness (QED) is 0.378. The second-order valence-corrected chi connectivity index (χ2v) is 9.15. The summed E-state index contributed by atoms with van der Waals surface area (Å²) in [5.74, 6) is 0.274. The predicted molar refractivity (Wildman–Crippen MR) is 138 cm³/mol. The van der Waals surface area contributed by atoms with Crippen molar-refractivity contribution in [1.29, 1.82) is 0 Å². The van der Waals surface area contributed by atoms with Crippen LogP contribution in [0.15, 0.2) is 70.4 Å². The van der Waals surface area contributed by atoms with E-state index in [9.17, 15) is 14.4 Å². The third-order valence-corrected chi connectivity index (χ3v) is 6.82. The van der Waals surface area contributed by atoms with Crippen molar-refractivity contribution in [2.24, 2.45) is 16.0 Å². The lowest BCUT2D eigenvalue weighted by molar-refractivity contribution is -0.132. The standard InChI is InChI=1S/C28H22N4O7/c1-14-18(4-3-5-21(14)39-15(2)33)26(34)30-17-7-9-22-19(11-17)25-20(12-36-22)28(27(29)35,32-31-25)16-6-8-23-24(10-16)38-13-37-23/h3-11H,12-13H2,1-2H3,(H2,29,35)(H,30,34). The molecular formula is C28H22N4O7. The molecule has 3 N–H and O–H groups in total. The highest BCUT2D eigenvalue weighted by Crippen LogP contribution is 2.50. The fourth-order valence-corrected chi connectivity index (χ4v) is 4.89. The molecule has 0 fully saturated rings. The van der Waals surface area contributed by atoms with Gasteiger partial charge in [0, 0.05) is 34.9 Å². The Balaban J connectivity index is 1.35. The summed E-state index contributed by atoms with van der Waals surface area (Å²) in [6, 6.07) is 15.0. The van der Waals surface area contributed by atoms with Gasteiger partial charge >= 0.3 is 5.97 Å². The Bertz CT molecular complexity index is 1640. The zero-order valence-electron chi connectivity index (χ0n) is 20.9. The number of nitrogens with two attached hydrogens (primary N) is 1. The summed E-state index contributed by atoms with van der Waals surface area (Å²) in [5, 5.41) is 11.6. The number of amides is 2. The molecule has 0 radical (unpaired) electrons. The minimum Gasteiger partial charge on any atom is -0.488 e. The maximum atomic E-state index is 13.1. The molecule has 0 bridgehead atoms. The van der Waals surface area contributed by atoms with Crippen LogP contribution < -0.4 is 30.0 Å². The summed E-state index contributed by atoms with van der Waals surface area (Å²) in [6.45, 7) is 3.12. The van der Waals surface area contributed by atoms with Crippen molar-refractivity contribution in [2.45, 2.75) is 19.4 Å². The van der Waals surface area contributed by atoms with Crippen molar-refractivity contribution < 1.29 is 33.3 Å². The van der Waals surface area contributed by atoms with E-state index >= 15 is 0 Å². The van der Waals surface area contributed by atoms with Crippen LogP contribution in [0.4, 0.5) is 5.69 Å². The third kappa shape index (κ3) is 3.86. The van der Waals surface area contributed by atoms with Crippen LogP contribution in [0.2, 0.25) is 0 Å². The molecule has 11 heteroatoms. The van der Waals surface area contributed by atoms with Gasteiger partial charge in [-0.1, -0.05) is 12.1 Å². The smallest absolute Gasteiger partial charge is 0.308 e. The lowest BCUT2D eigenvalue weighted by Crippen LogP contribution is -2.42. The van der Waals surface area contributed by atoms with E-state index in [2.05, 4.69) is 15.5 Å². The predicted octanol–water partition coefficient (Wildman–Crippen LogP) is 3.85. The number of carbonyl (C=O) groups excluding carboxylic acids is 3. The molecule has 0 aromatic heterocycles. The Kier molecular flexibility index (Phi) is 5.56. The first-order valence-corrected chi connectivity index (χ1v) is 12.0. The van der Waals surface area contributed by atoms with Crippen molar-refractivity contribution >= 4 is 29.2 Å². The maximum absolute atomic E-state index is 13.1. The van der Waals surface area contributed by atoms with E-state index in [1.165, 1.54) is 6.92 Å². The summed E-state index contributed by atoms with van der Waals surface area (Å²) in [7, 11) is 0. The minimum atomic E-state index is -1.58. The summed E-state index contributed by atoms with van der Waals surface area (Å²) in [4.78, 5) is 37.4. The number of ether oxygens (including phenoxy) is 4. The summed E-state index contributed by atoms with van der Waals surface area (Å²) in [6.07, 6.45) is 0. The van der Waals surface area contributed by atoms with Gasteiger partial charge in [-0.3, -0.25) is 14.4 Å². The molecule has 1 atom stereocenters. The highest BCUT2D eigenvalue weighted by atomic mass is 16.7. The van der Waals surface area contributed by atoms with Crippen LogP contribution in [0.3, 0.4) is 0 Å². The molecule has 1 unspecified atom stereocenters. The van der Waals surface area contributed by atoms with Crippen LogP contribution in [-0.4, -0.2) is 31.2 Å². The zero-order chi connectivity index (χ0) is 27.3. The van der Waals surface area contributed by atoms with E-state index in [1.54, 1.807) is 61.5 Å². The van der Waals surface area contributed by atoms with E-state index in [0.29, 0.717) is 62.2 Å². The van der Waals surface area contributed by atoms with Crippen molar-refractivity contribution in [3.8, 4) is 23.0 Å². The zero-order valence-corrected chi connectivity index (χ0v) is 20.9. The van der Waals surface area contributed by atoms with Gasteiger partial charge in [-0.2, -0.15) is 10.2 Å². The van der Waals surface area contributed by atoms with Crippen molar-refractivity contribution in [2.75, 3.05) is 18.7 Å². The van der Waals surface area contributed by atoms with E-state index in [1.807, 2.05) is 0 Å². The molecular weight excluding hydrogens is 504 g/mol. The number of carbonyl (C=O) groups is 3. The number of nitrogens with zero attached hydrogens (tertiary/aromatic N) is 2. The van der Waals surface area contributed by atoms with Crippen LogP contribution in [0.25, 0.3) is 5.70 Å². The molecule has 39 heavy (non-hydrogen) atoms. The summed E-state index contributed by atoms with van der Waals surface area (Å²) in [5.41, 5.74) is 7.61. The Morgan fingerprint density at radius 1 is 1.00 bits per heavy atom. The molecule has 3 aromatic rings. The molecule has 3 aliphatic rings. The highest BCUT2D eigenvalue weighted by Gasteiger charge is 2.50. The van der Waals surface area contributed by atoms with Crippen LogP contribution in [-0.2, 0) is 15.1 Å². The van der Waals surface area contributed by atoms with Crippen molar-refractivity contribution in [1.82, 2.24) is 0 Å². The minimum absolute atomic E-state index is 0.0422. The normalized spacial score (nSPS) is 18.2. The van der Waals surface area contributed by atoms with Crippen LogP contribution in [0.1, 0.15) is 34.0 Å². The Labute approximate surface area is 222 Å². The largest absolute Gasteiger partial charge is 0.488 e. The second kappa shape index (κ2) is 8.98.